The number of nitrogens with two attached hydrogens (primary N) is 1. The van der Waals surface area contributed by atoms with Crippen LogP contribution in [0.25, 0.3) is 6.08 Å². The molecule has 0 aliphatic heterocycles. The first-order valence-corrected chi connectivity index (χ1v) is 6.72. The van der Waals surface area contributed by atoms with Gasteiger partial charge in [-0.05, 0) is 29.8 Å². The molecule has 0 fully saturated rings. The summed E-state index contributed by atoms with van der Waals surface area (Å²) in [6.07, 6.45) is 3.05. The van der Waals surface area contributed by atoms with Crippen LogP contribution < -0.4 is 11.1 Å². The number of aromatic nitrogens is 2. The summed E-state index contributed by atoms with van der Waals surface area (Å²) in [6, 6.07) is 10.4. The highest BCUT2D eigenvalue weighted by Crippen LogP contribution is 2.17. The smallest absolute Gasteiger partial charge is 0.269 e. The second kappa shape index (κ2) is 6.76. The number of primary amides is 1. The van der Waals surface area contributed by atoms with Crippen LogP contribution >= 0.6 is 15.9 Å². The third-order valence-corrected chi connectivity index (χ3v) is 3.21. The SMILES string of the molecule is NC(=O)c1ccc(NC(=O)/C=C/c2ccccc2Br)nn1. The fourth-order valence-corrected chi connectivity index (χ4v) is 1.89. The highest BCUT2D eigenvalue weighted by Gasteiger charge is 2.04. The Kier molecular flexibility index (Phi) is 4.78. The molecule has 7 heteroatoms. The van der Waals surface area contributed by atoms with Crippen LogP contribution in [-0.4, -0.2) is 22.0 Å². The van der Waals surface area contributed by atoms with Gasteiger partial charge in [0, 0.05) is 10.5 Å². The number of nitrogens with one attached hydrogen (secondary N) is 1. The summed E-state index contributed by atoms with van der Waals surface area (Å²) in [7, 11) is 0. The first-order valence-electron chi connectivity index (χ1n) is 5.93. The topological polar surface area (TPSA) is 98.0 Å². The molecule has 1 heterocycles. The molecule has 0 unspecified atom stereocenters. The number of rotatable bonds is 4. The summed E-state index contributed by atoms with van der Waals surface area (Å²) >= 11 is 3.39. The summed E-state index contributed by atoms with van der Waals surface area (Å²) in [5, 5.41) is 9.81. The third-order valence-electron chi connectivity index (χ3n) is 2.49. The Morgan fingerprint density at radius 3 is 2.52 bits per heavy atom. The molecule has 6 nitrogen and oxygen atoms in total. The Balaban J connectivity index is 2.02. The van der Waals surface area contributed by atoms with Gasteiger partial charge in [-0.2, -0.15) is 0 Å². The van der Waals surface area contributed by atoms with Gasteiger partial charge in [0.1, 0.15) is 0 Å². The molecule has 2 amide bonds. The van der Waals surface area contributed by atoms with E-state index in [2.05, 4.69) is 31.4 Å². The fourth-order valence-electron chi connectivity index (χ4n) is 1.47. The molecule has 2 rings (SSSR count). The molecule has 0 spiro atoms. The standard InChI is InChI=1S/C14H11BrN4O2/c15-10-4-2-1-3-9(10)5-8-13(20)17-12-7-6-11(14(16)21)18-19-12/h1-8H,(H2,16,21)(H,17,19,20)/b8-5+. The Morgan fingerprint density at radius 2 is 1.90 bits per heavy atom. The van der Waals surface area contributed by atoms with Gasteiger partial charge in [0.2, 0.25) is 5.91 Å². The average molecular weight is 347 g/mol. The molecule has 0 radical (unpaired) electrons. The van der Waals surface area contributed by atoms with E-state index in [1.54, 1.807) is 6.08 Å². The zero-order valence-corrected chi connectivity index (χ0v) is 12.4. The molecule has 0 saturated carbocycles. The van der Waals surface area contributed by atoms with Gasteiger partial charge in [-0.3, -0.25) is 9.59 Å². The molecule has 0 atom stereocenters. The van der Waals surface area contributed by atoms with Gasteiger partial charge >= 0.3 is 0 Å². The number of hydrogen-bond donors (Lipinski definition) is 2. The Labute approximate surface area is 129 Å². The summed E-state index contributed by atoms with van der Waals surface area (Å²) in [4.78, 5) is 22.6. The largest absolute Gasteiger partial charge is 0.364 e. The van der Waals surface area contributed by atoms with E-state index < -0.39 is 5.91 Å². The van der Waals surface area contributed by atoms with E-state index in [0.29, 0.717) is 0 Å². The molecule has 2 aromatic rings. The van der Waals surface area contributed by atoms with Crippen LogP contribution in [0.15, 0.2) is 46.9 Å². The maximum atomic E-state index is 11.7. The molecular weight excluding hydrogens is 336 g/mol. The van der Waals surface area contributed by atoms with Gasteiger partial charge in [-0.25, -0.2) is 0 Å². The van der Waals surface area contributed by atoms with Crippen LogP contribution in [0.4, 0.5) is 5.82 Å². The van der Waals surface area contributed by atoms with Crippen molar-refractivity contribution in [2.24, 2.45) is 5.73 Å². The average Bonchev–Trinajstić information content (AvgIpc) is 2.47. The number of anilines is 1. The van der Waals surface area contributed by atoms with Crippen molar-refractivity contribution >= 4 is 39.6 Å². The van der Waals surface area contributed by atoms with Crippen molar-refractivity contribution in [3.8, 4) is 0 Å². The quantitative estimate of drug-likeness (QED) is 0.827. The van der Waals surface area contributed by atoms with Gasteiger partial charge in [0.25, 0.3) is 5.91 Å². The minimum Gasteiger partial charge on any atom is -0.364 e. The van der Waals surface area contributed by atoms with E-state index in [4.69, 9.17) is 5.73 Å². The molecule has 21 heavy (non-hydrogen) atoms. The molecule has 1 aromatic heterocycles. The Morgan fingerprint density at radius 1 is 1.14 bits per heavy atom. The van der Waals surface area contributed by atoms with E-state index in [9.17, 15) is 9.59 Å². The van der Waals surface area contributed by atoms with E-state index >= 15 is 0 Å². The minimum atomic E-state index is -0.672. The van der Waals surface area contributed by atoms with Gasteiger partial charge in [-0.15, -0.1) is 10.2 Å². The van der Waals surface area contributed by atoms with Gasteiger partial charge in [0.05, 0.1) is 0 Å². The van der Waals surface area contributed by atoms with Crippen LogP contribution in [0, 0.1) is 0 Å². The number of nitrogens with zero attached hydrogens (tertiary/aromatic N) is 2. The van der Waals surface area contributed by atoms with Gasteiger partial charge in [-0.1, -0.05) is 34.1 Å². The number of carbonyl (C=O) groups is 2. The number of benzene rings is 1. The Bertz CT molecular complexity index is 698. The van der Waals surface area contributed by atoms with Crippen molar-refractivity contribution in [1.82, 2.24) is 10.2 Å². The predicted molar refractivity (Wildman–Crippen MR) is 82.4 cm³/mol. The number of amides is 2. The number of hydrogen-bond acceptors (Lipinski definition) is 4. The lowest BCUT2D eigenvalue weighted by Gasteiger charge is -2.01. The number of carbonyl (C=O) groups excluding carboxylic acids is 2. The lowest BCUT2D eigenvalue weighted by Crippen LogP contribution is -2.15. The van der Waals surface area contributed by atoms with E-state index in [1.807, 2.05) is 24.3 Å². The van der Waals surface area contributed by atoms with Crippen LogP contribution in [-0.2, 0) is 4.79 Å². The molecule has 0 aliphatic carbocycles. The first kappa shape index (κ1) is 14.9. The van der Waals surface area contributed by atoms with Crippen LogP contribution in [0.2, 0.25) is 0 Å². The van der Waals surface area contributed by atoms with Gasteiger partial charge in [0.15, 0.2) is 11.5 Å². The van der Waals surface area contributed by atoms with E-state index in [1.165, 1.54) is 18.2 Å². The second-order valence-electron chi connectivity index (χ2n) is 4.01. The summed E-state index contributed by atoms with van der Waals surface area (Å²) in [6.45, 7) is 0. The Hall–Kier alpha value is -2.54. The molecule has 0 aliphatic rings. The molecule has 0 bridgehead atoms. The normalized spacial score (nSPS) is 10.5. The predicted octanol–water partition coefficient (Wildman–Crippen LogP) is 1.99. The van der Waals surface area contributed by atoms with Crippen molar-refractivity contribution in [3.05, 3.63) is 58.2 Å². The van der Waals surface area contributed by atoms with Crippen molar-refractivity contribution in [3.63, 3.8) is 0 Å². The van der Waals surface area contributed by atoms with Crippen molar-refractivity contribution in [1.29, 1.82) is 0 Å². The highest BCUT2D eigenvalue weighted by atomic mass is 79.9. The molecule has 0 saturated heterocycles. The van der Waals surface area contributed by atoms with E-state index in [-0.39, 0.29) is 17.4 Å². The number of halogens is 1. The molecule has 3 N–H and O–H groups in total. The monoisotopic (exact) mass is 346 g/mol. The summed E-state index contributed by atoms with van der Waals surface area (Å²) < 4.78 is 0.889. The summed E-state index contributed by atoms with van der Waals surface area (Å²) in [5.41, 5.74) is 5.96. The zero-order valence-electron chi connectivity index (χ0n) is 10.8. The summed E-state index contributed by atoms with van der Waals surface area (Å²) in [5.74, 6) is -0.789. The lowest BCUT2D eigenvalue weighted by atomic mass is 10.2. The van der Waals surface area contributed by atoms with E-state index in [0.717, 1.165) is 10.0 Å². The zero-order chi connectivity index (χ0) is 15.2. The third kappa shape index (κ3) is 4.22. The van der Waals surface area contributed by atoms with Crippen molar-refractivity contribution in [2.75, 3.05) is 5.32 Å². The second-order valence-corrected chi connectivity index (χ2v) is 4.87. The molecule has 1 aromatic carbocycles. The van der Waals surface area contributed by atoms with Crippen LogP contribution in [0.3, 0.4) is 0 Å². The maximum Gasteiger partial charge on any atom is 0.269 e. The molecule has 106 valence electrons. The first-order chi connectivity index (χ1) is 10.1. The molecular formula is C14H11BrN4O2. The fraction of sp³-hybridized carbons (Fsp3) is 0. The van der Waals surface area contributed by atoms with Crippen molar-refractivity contribution < 1.29 is 9.59 Å². The lowest BCUT2D eigenvalue weighted by molar-refractivity contribution is -0.111. The van der Waals surface area contributed by atoms with Crippen molar-refractivity contribution in [2.45, 2.75) is 0 Å². The maximum absolute atomic E-state index is 11.7. The minimum absolute atomic E-state index is 0.0387. The highest BCUT2D eigenvalue weighted by molar-refractivity contribution is 9.10. The van der Waals surface area contributed by atoms with Crippen LogP contribution in [0.5, 0.6) is 0 Å². The van der Waals surface area contributed by atoms with Crippen LogP contribution in [0.1, 0.15) is 16.1 Å². The van der Waals surface area contributed by atoms with Gasteiger partial charge < -0.3 is 11.1 Å².